The smallest absolute Gasteiger partial charge is 0.462 e. The fourth-order valence-electron chi connectivity index (χ4n) is 5.70. The van der Waals surface area contributed by atoms with E-state index < -0.39 is 72.3 Å². The molecule has 0 spiro atoms. The molecule has 0 aliphatic carbocycles. The molecule has 0 aromatic heterocycles. The van der Waals surface area contributed by atoms with Crippen LogP contribution in [0.15, 0.2) is 72.9 Å². The monoisotopic (exact) mass is 919 g/mol. The second-order valence-electron chi connectivity index (χ2n) is 15.6. The lowest BCUT2D eigenvalue weighted by atomic mass is 10.0. The SMILES string of the molecule is CC/C=C\CC(O)/C=C/C=C/C/C=C\C/C=C\C/C=C\CCC(=O)OC[C@H](COP(=O)(O)OC[C@@H](O)COP(=O)(O)O)OC(=O)CCCCCCCCCCCCCCC(C)C. The number of aliphatic hydroxyl groups excluding tert-OH is 2. The largest absolute Gasteiger partial charge is 0.472 e. The topological polar surface area (TPSA) is 216 Å². The van der Waals surface area contributed by atoms with E-state index in [0.29, 0.717) is 25.7 Å². The predicted molar refractivity (Wildman–Crippen MR) is 245 cm³/mol. The van der Waals surface area contributed by atoms with Gasteiger partial charge in [-0.3, -0.25) is 23.2 Å². The number of rotatable bonds is 41. The van der Waals surface area contributed by atoms with Crippen molar-refractivity contribution in [1.82, 2.24) is 0 Å². The first-order valence-electron chi connectivity index (χ1n) is 22.6. The summed E-state index contributed by atoms with van der Waals surface area (Å²) in [6.07, 6.45) is 39.6. The Hall–Kier alpha value is -2.48. The van der Waals surface area contributed by atoms with Crippen molar-refractivity contribution >= 4 is 27.6 Å². The van der Waals surface area contributed by atoms with E-state index in [-0.39, 0.29) is 12.8 Å². The number of allylic oxidation sites excluding steroid dienone is 10. The first-order chi connectivity index (χ1) is 29.6. The van der Waals surface area contributed by atoms with E-state index >= 15 is 0 Å². The Kier molecular flexibility index (Phi) is 38.5. The minimum absolute atomic E-state index is 0.0522. The highest BCUT2D eigenvalue weighted by atomic mass is 31.2. The van der Waals surface area contributed by atoms with Gasteiger partial charge in [0.25, 0.3) is 0 Å². The molecule has 0 aromatic carbocycles. The van der Waals surface area contributed by atoms with E-state index in [1.165, 1.54) is 51.4 Å². The van der Waals surface area contributed by atoms with Crippen LogP contribution in [0, 0.1) is 5.92 Å². The molecule has 358 valence electrons. The van der Waals surface area contributed by atoms with Gasteiger partial charge in [0, 0.05) is 12.8 Å². The van der Waals surface area contributed by atoms with Crippen LogP contribution in [0.25, 0.3) is 0 Å². The van der Waals surface area contributed by atoms with Crippen molar-refractivity contribution in [3.63, 3.8) is 0 Å². The summed E-state index contributed by atoms with van der Waals surface area (Å²) in [5.41, 5.74) is 0. The molecular weight excluding hydrogens is 838 g/mol. The lowest BCUT2D eigenvalue weighted by Gasteiger charge is -2.20. The Balaban J connectivity index is 4.65. The highest BCUT2D eigenvalue weighted by Gasteiger charge is 2.28. The van der Waals surface area contributed by atoms with Gasteiger partial charge in [-0.1, -0.05) is 171 Å². The zero-order chi connectivity index (χ0) is 46.2. The standard InChI is InChI=1S/C46H80O14P2/c1-4-5-27-33-42(47)34-29-24-20-16-12-7-6-8-13-17-21-25-30-35-45(49)56-39-44(40-59-62(54,55)58-38-43(48)37-57-61(51,52)53)60-46(50)36-31-26-22-18-14-10-9-11-15-19-23-28-32-41(2)3/h5,7-8,12-13,20-21,24-25,27,29,34,41-44,47-48H,4,6,9-11,14-19,22-23,26,28,30-33,35-40H2,1-3H3,(H,54,55)(H2,51,52,53)/b12-7-,13-8-,24-20+,25-21-,27-5-,34-29+/t42?,43-,44+/m0/s1. The van der Waals surface area contributed by atoms with E-state index in [9.17, 15) is 33.8 Å². The molecule has 0 fully saturated rings. The second-order valence-corrected chi connectivity index (χ2v) is 18.3. The number of ether oxygens (including phenoxy) is 2. The Morgan fingerprint density at radius 1 is 0.581 bits per heavy atom. The van der Waals surface area contributed by atoms with Crippen molar-refractivity contribution in [3.05, 3.63) is 72.9 Å². The quantitative estimate of drug-likeness (QED) is 0.0127. The normalized spacial score (nSPS) is 15.2. The molecule has 0 amide bonds. The molecular formula is C46H80O14P2. The maximum atomic E-state index is 12.7. The van der Waals surface area contributed by atoms with Crippen molar-refractivity contribution in [1.29, 1.82) is 0 Å². The van der Waals surface area contributed by atoms with Gasteiger partial charge in [0.1, 0.15) is 12.7 Å². The van der Waals surface area contributed by atoms with Crippen LogP contribution in [0.3, 0.4) is 0 Å². The van der Waals surface area contributed by atoms with Crippen LogP contribution < -0.4 is 0 Å². The summed E-state index contributed by atoms with van der Waals surface area (Å²) in [4.78, 5) is 52.7. The number of carbonyl (C=O) groups excluding carboxylic acids is 2. The van der Waals surface area contributed by atoms with Gasteiger partial charge in [0.15, 0.2) is 6.10 Å². The number of phosphoric acid groups is 2. The van der Waals surface area contributed by atoms with Crippen LogP contribution in [-0.2, 0) is 41.8 Å². The third kappa shape index (κ3) is 44.1. The van der Waals surface area contributed by atoms with Gasteiger partial charge in [-0.15, -0.1) is 0 Å². The van der Waals surface area contributed by atoms with Gasteiger partial charge in [-0.05, 0) is 50.9 Å². The molecule has 0 saturated carbocycles. The van der Waals surface area contributed by atoms with Gasteiger partial charge in [0.05, 0.1) is 25.9 Å². The van der Waals surface area contributed by atoms with Crippen molar-refractivity contribution in [2.45, 2.75) is 174 Å². The van der Waals surface area contributed by atoms with E-state index in [0.717, 1.165) is 50.9 Å². The molecule has 5 N–H and O–H groups in total. The molecule has 0 bridgehead atoms. The average molecular weight is 919 g/mol. The van der Waals surface area contributed by atoms with Crippen molar-refractivity contribution < 1.29 is 66.7 Å². The fraction of sp³-hybridized carbons (Fsp3) is 0.696. The summed E-state index contributed by atoms with van der Waals surface area (Å²) in [5.74, 6) is -0.370. The van der Waals surface area contributed by atoms with E-state index in [1.807, 2.05) is 54.7 Å². The van der Waals surface area contributed by atoms with Gasteiger partial charge in [-0.25, -0.2) is 9.13 Å². The zero-order valence-corrected chi connectivity index (χ0v) is 39.5. The van der Waals surface area contributed by atoms with E-state index in [2.05, 4.69) is 42.0 Å². The molecule has 0 aliphatic rings. The molecule has 0 saturated heterocycles. The summed E-state index contributed by atoms with van der Waals surface area (Å²) in [6.45, 7) is 3.77. The number of phosphoric ester groups is 2. The van der Waals surface area contributed by atoms with Crippen LogP contribution in [0.1, 0.15) is 156 Å². The molecule has 0 rings (SSSR count). The molecule has 4 atom stereocenters. The highest BCUT2D eigenvalue weighted by molar-refractivity contribution is 7.47. The third-order valence-corrected chi connectivity index (χ3v) is 10.6. The van der Waals surface area contributed by atoms with Gasteiger partial charge in [0.2, 0.25) is 0 Å². The number of aliphatic hydroxyl groups is 2. The second kappa shape index (κ2) is 40.1. The minimum Gasteiger partial charge on any atom is -0.462 e. The fourth-order valence-corrected chi connectivity index (χ4v) is 6.86. The lowest BCUT2D eigenvalue weighted by molar-refractivity contribution is -0.161. The van der Waals surface area contributed by atoms with Crippen LogP contribution in [-0.4, -0.2) is 81.6 Å². The number of hydrogen-bond acceptors (Lipinski definition) is 11. The van der Waals surface area contributed by atoms with Gasteiger partial charge in [-0.2, -0.15) is 0 Å². The van der Waals surface area contributed by atoms with Crippen LogP contribution >= 0.6 is 15.6 Å². The molecule has 16 heteroatoms. The molecule has 0 radical (unpaired) electrons. The maximum absolute atomic E-state index is 12.7. The average Bonchev–Trinajstić information content (AvgIpc) is 3.21. The maximum Gasteiger partial charge on any atom is 0.472 e. The van der Waals surface area contributed by atoms with Crippen molar-refractivity contribution in [2.75, 3.05) is 26.4 Å². The van der Waals surface area contributed by atoms with E-state index in [1.54, 1.807) is 6.08 Å². The van der Waals surface area contributed by atoms with Crippen LogP contribution in [0.4, 0.5) is 0 Å². The van der Waals surface area contributed by atoms with Crippen molar-refractivity contribution in [2.24, 2.45) is 5.92 Å². The summed E-state index contributed by atoms with van der Waals surface area (Å²) >= 11 is 0. The first kappa shape index (κ1) is 59.5. The third-order valence-electron chi connectivity index (χ3n) is 9.12. The molecule has 0 heterocycles. The summed E-state index contributed by atoms with van der Waals surface area (Å²) < 4.78 is 47.7. The summed E-state index contributed by atoms with van der Waals surface area (Å²) in [6, 6.07) is 0. The number of carbonyl (C=O) groups is 2. The Morgan fingerprint density at radius 2 is 1.11 bits per heavy atom. The number of unbranched alkanes of at least 4 members (excludes halogenated alkanes) is 11. The Morgan fingerprint density at radius 3 is 1.69 bits per heavy atom. The first-order valence-corrected chi connectivity index (χ1v) is 25.6. The van der Waals surface area contributed by atoms with Crippen LogP contribution in [0.5, 0.6) is 0 Å². The number of esters is 2. The lowest BCUT2D eigenvalue weighted by Crippen LogP contribution is -2.29. The molecule has 62 heavy (non-hydrogen) atoms. The Labute approximate surface area is 372 Å². The summed E-state index contributed by atoms with van der Waals surface area (Å²) in [7, 11) is -9.71. The van der Waals surface area contributed by atoms with Crippen LogP contribution in [0.2, 0.25) is 0 Å². The number of hydrogen-bond donors (Lipinski definition) is 5. The molecule has 0 aromatic rings. The zero-order valence-electron chi connectivity index (χ0n) is 37.7. The Bertz CT molecular complexity index is 1400. The molecule has 2 unspecified atom stereocenters. The van der Waals surface area contributed by atoms with Gasteiger partial charge >= 0.3 is 27.6 Å². The van der Waals surface area contributed by atoms with Gasteiger partial charge < -0.3 is 34.4 Å². The summed E-state index contributed by atoms with van der Waals surface area (Å²) in [5, 5.41) is 19.6. The predicted octanol–water partition coefficient (Wildman–Crippen LogP) is 10.6. The molecule has 14 nitrogen and oxygen atoms in total. The minimum atomic E-state index is -4.88. The van der Waals surface area contributed by atoms with E-state index in [4.69, 9.17) is 23.8 Å². The van der Waals surface area contributed by atoms with Crippen molar-refractivity contribution in [3.8, 4) is 0 Å². The highest BCUT2D eigenvalue weighted by Crippen LogP contribution is 2.43. The molecule has 0 aliphatic heterocycles.